The summed E-state index contributed by atoms with van der Waals surface area (Å²) in [7, 11) is 1.54. The van der Waals surface area contributed by atoms with E-state index in [2.05, 4.69) is 11.6 Å². The second-order valence-electron chi connectivity index (χ2n) is 7.05. The van der Waals surface area contributed by atoms with Crippen molar-refractivity contribution in [3.63, 3.8) is 0 Å². The van der Waals surface area contributed by atoms with Gasteiger partial charge < -0.3 is 4.74 Å². The number of ether oxygens (including phenoxy) is 1. The standard InChI is InChI=1S/C23H21ClN4O3S/c1-4-12-32-23-25-21(30)20-15-8-6-7-9-17(15)27(19(29)5-2)22(28(20)26-23)14-10-11-18(31-3)16(24)13-14/h4,6-11,13,22H,1,5,12H2,2-3H3/p+1/t22-/m1/s1. The van der Waals surface area contributed by atoms with Gasteiger partial charge in [0.05, 0.1) is 23.4 Å². The Bertz CT molecular complexity index is 1260. The Morgan fingerprint density at radius 3 is 2.84 bits per heavy atom. The predicted molar refractivity (Wildman–Crippen MR) is 125 cm³/mol. The minimum atomic E-state index is -0.693. The molecule has 0 aliphatic carbocycles. The topological polar surface area (TPSA) is 79.2 Å². The van der Waals surface area contributed by atoms with Gasteiger partial charge in [0.2, 0.25) is 11.1 Å². The number of amides is 1. The SMILES string of the molecule is C=CCSc1n[n+]2c(c(=O)[nH]1)-c1ccccc1N(C(=O)CC)[C@H]2c1ccc(OC)c(Cl)c1. The number of halogens is 1. The fraction of sp³-hybridized carbons (Fsp3) is 0.217. The molecule has 32 heavy (non-hydrogen) atoms. The summed E-state index contributed by atoms with van der Waals surface area (Å²) in [5.74, 6) is 0.997. The molecule has 0 saturated heterocycles. The lowest BCUT2D eigenvalue weighted by Crippen LogP contribution is -2.60. The number of carbonyl (C=O) groups excluding carboxylic acids is 1. The van der Waals surface area contributed by atoms with Gasteiger partial charge in [-0.05, 0) is 35.0 Å². The van der Waals surface area contributed by atoms with E-state index in [0.29, 0.717) is 44.2 Å². The first kappa shape index (κ1) is 22.1. The molecule has 2 aromatic carbocycles. The van der Waals surface area contributed by atoms with E-state index < -0.39 is 6.17 Å². The largest absolute Gasteiger partial charge is 0.495 e. The molecule has 0 bridgehead atoms. The Labute approximate surface area is 194 Å². The van der Waals surface area contributed by atoms with Crippen molar-refractivity contribution in [1.29, 1.82) is 0 Å². The lowest BCUT2D eigenvalue weighted by atomic mass is 10.0. The molecule has 0 fully saturated rings. The molecule has 1 aliphatic rings. The van der Waals surface area contributed by atoms with Gasteiger partial charge in [-0.3, -0.25) is 14.6 Å². The molecular formula is C23H22ClN4O3S+. The summed E-state index contributed by atoms with van der Waals surface area (Å²) in [6.45, 7) is 5.53. The number of carbonyl (C=O) groups is 1. The maximum atomic E-state index is 13.2. The normalized spacial score (nSPS) is 14.5. The van der Waals surface area contributed by atoms with Gasteiger partial charge in [0.25, 0.3) is 6.17 Å². The Balaban J connectivity index is 2.03. The van der Waals surface area contributed by atoms with E-state index in [9.17, 15) is 9.59 Å². The van der Waals surface area contributed by atoms with Crippen LogP contribution in [-0.2, 0) is 4.79 Å². The Morgan fingerprint density at radius 1 is 1.38 bits per heavy atom. The van der Waals surface area contributed by atoms with Gasteiger partial charge in [0.15, 0.2) is 0 Å². The molecule has 3 aromatic rings. The fourth-order valence-electron chi connectivity index (χ4n) is 3.76. The summed E-state index contributed by atoms with van der Waals surface area (Å²) >= 11 is 7.78. The summed E-state index contributed by atoms with van der Waals surface area (Å²) in [6.07, 6.45) is 1.32. The van der Waals surface area contributed by atoms with E-state index >= 15 is 0 Å². The van der Waals surface area contributed by atoms with Crippen LogP contribution in [-0.4, -0.2) is 28.9 Å². The van der Waals surface area contributed by atoms with E-state index in [4.69, 9.17) is 21.4 Å². The molecule has 0 saturated carbocycles. The molecule has 0 unspecified atom stereocenters. The summed E-state index contributed by atoms with van der Waals surface area (Å²) in [6, 6.07) is 12.7. The first-order chi connectivity index (χ1) is 15.5. The maximum Gasteiger partial charge on any atom is 0.325 e. The van der Waals surface area contributed by atoms with Gasteiger partial charge in [-0.1, -0.05) is 48.5 Å². The third-order valence-corrected chi connectivity index (χ3v) is 6.30. The molecular weight excluding hydrogens is 448 g/mol. The summed E-state index contributed by atoms with van der Waals surface area (Å²) < 4.78 is 6.90. The second kappa shape index (κ2) is 9.18. The Kier molecular flexibility index (Phi) is 6.34. The first-order valence-electron chi connectivity index (χ1n) is 10.0. The number of thioether (sulfide) groups is 1. The number of H-pyrrole nitrogens is 1. The lowest BCUT2D eigenvalue weighted by molar-refractivity contribution is -0.763. The van der Waals surface area contributed by atoms with Crippen LogP contribution in [0.5, 0.6) is 5.75 Å². The zero-order chi connectivity index (χ0) is 22.8. The molecule has 1 aromatic heterocycles. The van der Waals surface area contributed by atoms with E-state index in [1.165, 1.54) is 11.8 Å². The molecule has 0 radical (unpaired) electrons. The monoisotopic (exact) mass is 469 g/mol. The van der Waals surface area contributed by atoms with E-state index in [-0.39, 0.29) is 17.9 Å². The number of hydrogen-bond donors (Lipinski definition) is 1. The molecule has 9 heteroatoms. The number of hydrogen-bond acceptors (Lipinski definition) is 5. The highest BCUT2D eigenvalue weighted by Crippen LogP contribution is 2.39. The Hall–Kier alpha value is -3.10. The number of benzene rings is 2. The van der Waals surface area contributed by atoms with Crippen LogP contribution in [0.1, 0.15) is 25.1 Å². The summed E-state index contributed by atoms with van der Waals surface area (Å²) in [5.41, 5.74) is 2.08. The van der Waals surface area contributed by atoms with Crippen LogP contribution in [0.4, 0.5) is 5.69 Å². The van der Waals surface area contributed by atoms with Crippen molar-refractivity contribution in [2.45, 2.75) is 24.7 Å². The number of methoxy groups -OCH3 is 1. The van der Waals surface area contributed by atoms with Gasteiger partial charge in [-0.15, -0.1) is 6.58 Å². The predicted octanol–water partition coefficient (Wildman–Crippen LogP) is 3.97. The molecule has 1 aliphatic heterocycles. The third-order valence-electron chi connectivity index (χ3n) is 5.14. The zero-order valence-corrected chi connectivity index (χ0v) is 19.2. The lowest BCUT2D eigenvalue weighted by Gasteiger charge is -2.32. The van der Waals surface area contributed by atoms with Crippen LogP contribution in [0.2, 0.25) is 5.02 Å². The number of nitrogens with zero attached hydrogens (tertiary/aromatic N) is 3. The second-order valence-corrected chi connectivity index (χ2v) is 8.47. The van der Waals surface area contributed by atoms with Gasteiger partial charge in [0.1, 0.15) is 5.75 Å². The van der Waals surface area contributed by atoms with Crippen LogP contribution in [0.3, 0.4) is 0 Å². The van der Waals surface area contributed by atoms with Gasteiger partial charge in [0, 0.05) is 22.8 Å². The molecule has 2 heterocycles. The number of fused-ring (bicyclic) bond motifs is 3. The minimum absolute atomic E-state index is 0.102. The third kappa shape index (κ3) is 3.80. The van der Waals surface area contributed by atoms with Gasteiger partial charge in [-0.25, -0.2) is 4.90 Å². The molecule has 0 spiro atoms. The van der Waals surface area contributed by atoms with Crippen LogP contribution in [0, 0.1) is 0 Å². The number of para-hydroxylation sites is 1. The van der Waals surface area contributed by atoms with Crippen molar-refractivity contribution in [3.8, 4) is 17.0 Å². The summed E-state index contributed by atoms with van der Waals surface area (Å²) in [4.78, 5) is 30.9. The highest BCUT2D eigenvalue weighted by atomic mass is 35.5. The quantitative estimate of drug-likeness (QED) is 0.336. The van der Waals surface area contributed by atoms with Crippen LogP contribution in [0.15, 0.2) is 65.1 Å². The first-order valence-corrected chi connectivity index (χ1v) is 11.4. The van der Waals surface area contributed by atoms with Crippen molar-refractivity contribution >= 4 is 35.0 Å². The van der Waals surface area contributed by atoms with Crippen molar-refractivity contribution in [2.24, 2.45) is 0 Å². The van der Waals surface area contributed by atoms with Crippen molar-refractivity contribution in [1.82, 2.24) is 10.1 Å². The molecule has 1 N–H and O–H groups in total. The highest BCUT2D eigenvalue weighted by Gasteiger charge is 2.45. The van der Waals surface area contributed by atoms with E-state index in [1.54, 1.807) is 41.8 Å². The molecule has 1 amide bonds. The molecule has 4 rings (SSSR count). The average molecular weight is 470 g/mol. The number of nitrogens with one attached hydrogen (secondary N) is 1. The molecule has 7 nitrogen and oxygen atoms in total. The smallest absolute Gasteiger partial charge is 0.325 e. The van der Waals surface area contributed by atoms with Crippen LogP contribution < -0.4 is 19.9 Å². The van der Waals surface area contributed by atoms with Crippen LogP contribution in [0.25, 0.3) is 11.3 Å². The number of rotatable bonds is 6. The van der Waals surface area contributed by atoms with Crippen molar-refractivity contribution < 1.29 is 14.2 Å². The number of aromatic amines is 1. The minimum Gasteiger partial charge on any atom is -0.495 e. The fourth-order valence-corrected chi connectivity index (χ4v) is 4.61. The number of anilines is 1. The zero-order valence-electron chi connectivity index (χ0n) is 17.7. The van der Waals surface area contributed by atoms with Gasteiger partial charge >= 0.3 is 11.3 Å². The summed E-state index contributed by atoms with van der Waals surface area (Å²) in [5, 5.41) is 5.56. The number of aromatic nitrogens is 3. The average Bonchev–Trinajstić information content (AvgIpc) is 2.81. The van der Waals surface area contributed by atoms with Crippen molar-refractivity contribution in [3.05, 3.63) is 76.1 Å². The maximum absolute atomic E-state index is 13.2. The molecule has 164 valence electrons. The van der Waals surface area contributed by atoms with E-state index in [1.807, 2.05) is 30.3 Å². The van der Waals surface area contributed by atoms with E-state index in [0.717, 1.165) is 0 Å². The molecule has 1 atom stereocenters. The highest BCUT2D eigenvalue weighted by molar-refractivity contribution is 7.99. The van der Waals surface area contributed by atoms with Crippen molar-refractivity contribution in [2.75, 3.05) is 17.8 Å². The van der Waals surface area contributed by atoms with Crippen LogP contribution >= 0.6 is 23.4 Å². The van der Waals surface area contributed by atoms with Gasteiger partial charge in [-0.2, -0.15) is 0 Å². The Morgan fingerprint density at radius 2 is 2.16 bits per heavy atom.